The van der Waals surface area contributed by atoms with Crippen LogP contribution in [0.1, 0.15) is 17.9 Å². The van der Waals surface area contributed by atoms with E-state index in [9.17, 15) is 5.11 Å². The molecule has 0 unspecified atom stereocenters. The smallest absolute Gasteiger partial charge is 0.123 e. The Morgan fingerprint density at radius 3 is 2.53 bits per heavy atom. The molecule has 2 nitrogen and oxygen atoms in total. The van der Waals surface area contributed by atoms with E-state index in [1.807, 2.05) is 24.3 Å². The van der Waals surface area contributed by atoms with Crippen LogP contribution in [0.5, 0.6) is 0 Å². The van der Waals surface area contributed by atoms with E-state index in [4.69, 9.17) is 0 Å². The molecule has 2 aromatic rings. The Balaban J connectivity index is 2.33. The first kappa shape index (κ1) is 10.8. The van der Waals surface area contributed by atoms with E-state index in [0.29, 0.717) is 0 Å². The van der Waals surface area contributed by atoms with Gasteiger partial charge in [0.2, 0.25) is 0 Å². The van der Waals surface area contributed by atoms with Crippen LogP contribution in [0.2, 0.25) is 0 Å². The van der Waals surface area contributed by atoms with Crippen molar-refractivity contribution in [2.75, 3.05) is 0 Å². The van der Waals surface area contributed by atoms with Crippen molar-refractivity contribution in [2.45, 2.75) is 13.0 Å². The number of aliphatic hydroxyl groups is 1. The molecule has 0 saturated carbocycles. The van der Waals surface area contributed by atoms with Crippen molar-refractivity contribution in [1.82, 2.24) is 4.98 Å². The average Bonchev–Trinajstić information content (AvgIpc) is 2.68. The van der Waals surface area contributed by atoms with E-state index in [1.165, 1.54) is 11.3 Å². The third-order valence-corrected chi connectivity index (χ3v) is 3.77. The van der Waals surface area contributed by atoms with Crippen molar-refractivity contribution in [1.29, 1.82) is 0 Å². The first-order chi connectivity index (χ1) is 7.16. The molecule has 1 aromatic carbocycles. The summed E-state index contributed by atoms with van der Waals surface area (Å²) in [5.74, 6) is 0. The highest BCUT2D eigenvalue weighted by Gasteiger charge is 2.07. The van der Waals surface area contributed by atoms with E-state index in [0.717, 1.165) is 19.9 Å². The number of rotatable bonds is 2. The molecule has 78 valence electrons. The second-order valence-corrected chi connectivity index (χ2v) is 5.23. The number of hydrogen-bond donors (Lipinski definition) is 1. The van der Waals surface area contributed by atoms with Crippen molar-refractivity contribution in [3.63, 3.8) is 0 Å². The van der Waals surface area contributed by atoms with Crippen molar-refractivity contribution in [3.8, 4) is 10.6 Å². The van der Waals surface area contributed by atoms with Gasteiger partial charge in [0.25, 0.3) is 0 Å². The average molecular weight is 284 g/mol. The Kier molecular flexibility index (Phi) is 3.19. The number of thiazole rings is 1. The Bertz CT molecular complexity index is 450. The second kappa shape index (κ2) is 4.43. The topological polar surface area (TPSA) is 33.1 Å². The Morgan fingerprint density at radius 1 is 1.33 bits per heavy atom. The highest BCUT2D eigenvalue weighted by molar-refractivity contribution is 9.10. The van der Waals surface area contributed by atoms with Crippen LogP contribution in [0.25, 0.3) is 10.6 Å². The first-order valence-corrected chi connectivity index (χ1v) is 6.17. The summed E-state index contributed by atoms with van der Waals surface area (Å²) in [6, 6.07) is 7.99. The summed E-state index contributed by atoms with van der Waals surface area (Å²) in [5, 5.41) is 10.3. The zero-order chi connectivity index (χ0) is 10.8. The number of hydrogen-bond acceptors (Lipinski definition) is 3. The van der Waals surface area contributed by atoms with Crippen LogP contribution < -0.4 is 0 Å². The molecule has 0 aliphatic rings. The van der Waals surface area contributed by atoms with E-state index >= 15 is 0 Å². The van der Waals surface area contributed by atoms with Gasteiger partial charge in [0.15, 0.2) is 0 Å². The third kappa shape index (κ3) is 2.45. The van der Waals surface area contributed by atoms with Gasteiger partial charge in [0.1, 0.15) is 5.01 Å². The molecule has 0 aliphatic carbocycles. The van der Waals surface area contributed by atoms with Gasteiger partial charge in [-0.25, -0.2) is 4.98 Å². The fourth-order valence-electron chi connectivity index (χ4n) is 1.21. The lowest BCUT2D eigenvalue weighted by molar-refractivity contribution is 0.203. The first-order valence-electron chi connectivity index (χ1n) is 4.56. The van der Waals surface area contributed by atoms with Crippen molar-refractivity contribution < 1.29 is 5.11 Å². The van der Waals surface area contributed by atoms with Crippen LogP contribution in [-0.4, -0.2) is 10.1 Å². The van der Waals surface area contributed by atoms with Crippen LogP contribution >= 0.6 is 27.3 Å². The van der Waals surface area contributed by atoms with Crippen LogP contribution in [0.3, 0.4) is 0 Å². The Hall–Kier alpha value is -0.710. The molecule has 15 heavy (non-hydrogen) atoms. The van der Waals surface area contributed by atoms with Gasteiger partial charge in [-0.1, -0.05) is 28.1 Å². The molecule has 0 amide bonds. The van der Waals surface area contributed by atoms with E-state index in [1.54, 1.807) is 13.1 Å². The Labute approximate surface area is 101 Å². The van der Waals surface area contributed by atoms with Gasteiger partial charge in [-0.2, -0.15) is 0 Å². The summed E-state index contributed by atoms with van der Waals surface area (Å²) >= 11 is 4.91. The van der Waals surface area contributed by atoms with Crippen molar-refractivity contribution in [2.24, 2.45) is 0 Å². The summed E-state index contributed by atoms with van der Waals surface area (Å²) in [4.78, 5) is 5.18. The summed E-state index contributed by atoms with van der Waals surface area (Å²) < 4.78 is 1.05. The lowest BCUT2D eigenvalue weighted by Crippen LogP contribution is -1.83. The molecule has 0 saturated heterocycles. The monoisotopic (exact) mass is 283 g/mol. The normalized spacial score (nSPS) is 12.7. The van der Waals surface area contributed by atoms with E-state index in [2.05, 4.69) is 20.9 Å². The summed E-state index contributed by atoms with van der Waals surface area (Å²) in [6.45, 7) is 1.75. The predicted molar refractivity (Wildman–Crippen MR) is 65.9 cm³/mol. The van der Waals surface area contributed by atoms with E-state index < -0.39 is 6.10 Å². The number of aliphatic hydroxyl groups excluding tert-OH is 1. The molecular weight excluding hydrogens is 274 g/mol. The molecule has 4 heteroatoms. The Morgan fingerprint density at radius 2 is 2.00 bits per heavy atom. The fraction of sp³-hybridized carbons (Fsp3) is 0.182. The molecule has 1 heterocycles. The maximum atomic E-state index is 9.39. The van der Waals surface area contributed by atoms with Crippen LogP contribution in [-0.2, 0) is 0 Å². The largest absolute Gasteiger partial charge is 0.388 e. The number of benzene rings is 1. The zero-order valence-electron chi connectivity index (χ0n) is 8.14. The molecule has 1 atom stereocenters. The third-order valence-electron chi connectivity index (χ3n) is 2.03. The molecule has 0 aliphatic heterocycles. The van der Waals surface area contributed by atoms with Gasteiger partial charge in [-0.3, -0.25) is 0 Å². The van der Waals surface area contributed by atoms with Crippen LogP contribution in [0.4, 0.5) is 0 Å². The predicted octanol–water partition coefficient (Wildman–Crippen LogP) is 3.63. The molecule has 0 radical (unpaired) electrons. The molecule has 0 bridgehead atoms. The quantitative estimate of drug-likeness (QED) is 0.913. The minimum absolute atomic E-state index is 0.438. The SMILES string of the molecule is C[C@H](O)c1cnc(-c2ccc(Br)cc2)s1. The lowest BCUT2D eigenvalue weighted by atomic mass is 10.2. The number of nitrogens with zero attached hydrogens (tertiary/aromatic N) is 1. The molecular formula is C11H10BrNOS. The van der Waals surface area contributed by atoms with Gasteiger partial charge in [-0.15, -0.1) is 11.3 Å². The van der Waals surface area contributed by atoms with Gasteiger partial charge in [0.05, 0.1) is 11.0 Å². The maximum absolute atomic E-state index is 9.39. The standard InChI is InChI=1S/C11H10BrNOS/c1-7(14)10-6-13-11(15-10)8-2-4-9(12)5-3-8/h2-7,14H,1H3/t7-/m0/s1. The van der Waals surface area contributed by atoms with Crippen LogP contribution in [0, 0.1) is 0 Å². The van der Waals surface area contributed by atoms with Gasteiger partial charge < -0.3 is 5.11 Å². The summed E-state index contributed by atoms with van der Waals surface area (Å²) in [7, 11) is 0. The van der Waals surface area contributed by atoms with Gasteiger partial charge >= 0.3 is 0 Å². The van der Waals surface area contributed by atoms with Crippen molar-refractivity contribution in [3.05, 3.63) is 39.8 Å². The highest BCUT2D eigenvalue weighted by atomic mass is 79.9. The molecule has 2 rings (SSSR count). The molecule has 1 aromatic heterocycles. The molecule has 0 fully saturated rings. The summed E-state index contributed by atoms with van der Waals surface area (Å²) in [6.07, 6.45) is 1.29. The highest BCUT2D eigenvalue weighted by Crippen LogP contribution is 2.29. The van der Waals surface area contributed by atoms with Gasteiger partial charge in [-0.05, 0) is 19.1 Å². The second-order valence-electron chi connectivity index (χ2n) is 3.25. The van der Waals surface area contributed by atoms with Crippen LogP contribution in [0.15, 0.2) is 34.9 Å². The lowest BCUT2D eigenvalue weighted by Gasteiger charge is -1.97. The van der Waals surface area contributed by atoms with Gasteiger partial charge in [0, 0.05) is 16.2 Å². The zero-order valence-corrected chi connectivity index (χ0v) is 10.5. The van der Waals surface area contributed by atoms with Crippen molar-refractivity contribution >= 4 is 27.3 Å². The number of aromatic nitrogens is 1. The summed E-state index contributed by atoms with van der Waals surface area (Å²) in [5.41, 5.74) is 1.08. The maximum Gasteiger partial charge on any atom is 0.123 e. The number of halogens is 1. The molecule has 0 spiro atoms. The molecule has 1 N–H and O–H groups in total. The minimum atomic E-state index is -0.438. The van der Waals surface area contributed by atoms with E-state index in [-0.39, 0.29) is 0 Å². The minimum Gasteiger partial charge on any atom is -0.388 e. The fourth-order valence-corrected chi connectivity index (χ4v) is 2.33.